The highest BCUT2D eigenvalue weighted by Gasteiger charge is 2.49. The highest BCUT2D eigenvalue weighted by Crippen LogP contribution is 2.50. The van der Waals surface area contributed by atoms with Gasteiger partial charge in [-0.25, -0.2) is 0 Å². The number of fused-ring (bicyclic) bond motifs is 4. The Hall–Kier alpha value is -5.84. The molecule has 1 aromatic heterocycles. The first-order valence-electron chi connectivity index (χ1n) is 15.9. The summed E-state index contributed by atoms with van der Waals surface area (Å²) in [5.74, 6) is -0.400. The van der Waals surface area contributed by atoms with Gasteiger partial charge in [0.15, 0.2) is 5.75 Å². The number of benzene rings is 7. The van der Waals surface area contributed by atoms with E-state index >= 15 is 0 Å². The van der Waals surface area contributed by atoms with Gasteiger partial charge in [-0.1, -0.05) is 91.0 Å². The molecule has 8 aromatic rings. The molecule has 8 rings (SSSR count). The third kappa shape index (κ3) is 6.02. The fraction of sp³-hybridized carbons (Fsp3) is 0.0244. The first kappa shape index (κ1) is 32.4. The lowest BCUT2D eigenvalue weighted by Gasteiger charge is -2.27. The van der Waals surface area contributed by atoms with Crippen molar-refractivity contribution in [3.63, 3.8) is 0 Å². The molecule has 0 saturated heterocycles. The van der Waals surface area contributed by atoms with Gasteiger partial charge in [-0.3, -0.25) is 0 Å². The number of rotatable bonds is 8. The van der Waals surface area contributed by atoms with Gasteiger partial charge in [0.25, 0.3) is 0 Å². The monoisotopic (exact) mass is 716 g/mol. The minimum Gasteiger partial charge on any atom is -0.374 e. The Bertz CT molecular complexity index is 2590. The first-order valence-corrected chi connectivity index (χ1v) is 18.1. The summed E-state index contributed by atoms with van der Waals surface area (Å²) in [6.45, 7) is 0. The van der Waals surface area contributed by atoms with E-state index in [1.54, 1.807) is 6.07 Å². The largest absolute Gasteiger partial charge is 0.534 e. The van der Waals surface area contributed by atoms with Crippen LogP contribution < -0.4 is 14.0 Å². The second kappa shape index (κ2) is 12.8. The fourth-order valence-electron chi connectivity index (χ4n) is 6.30. The third-order valence-corrected chi connectivity index (χ3v) is 10.7. The lowest BCUT2D eigenvalue weighted by atomic mass is 10.0. The van der Waals surface area contributed by atoms with Gasteiger partial charge in [0.05, 0.1) is 10.4 Å². The van der Waals surface area contributed by atoms with E-state index in [-0.39, 0.29) is 4.70 Å². The predicted octanol–water partition coefficient (Wildman–Crippen LogP) is 12.4. The maximum atomic E-state index is 13.6. The van der Waals surface area contributed by atoms with Crippen molar-refractivity contribution >= 4 is 86.5 Å². The number of thiophene rings is 1. The Morgan fingerprint density at radius 3 is 1.67 bits per heavy atom. The number of para-hydroxylation sites is 3. The topological polar surface area (TPSA) is 49.9 Å². The van der Waals surface area contributed by atoms with E-state index in [1.165, 1.54) is 17.4 Å². The molecule has 5 nitrogen and oxygen atoms in total. The lowest BCUT2D eigenvalue weighted by molar-refractivity contribution is -0.0499. The number of halogens is 3. The molecule has 0 N–H and O–H groups in total. The summed E-state index contributed by atoms with van der Waals surface area (Å²) in [7, 11) is -5.95. The molecule has 10 heteroatoms. The minimum absolute atomic E-state index is 0.264. The zero-order chi connectivity index (χ0) is 35.2. The zero-order valence-electron chi connectivity index (χ0n) is 26.7. The standard InChI is InChI=1S/C41H27F3N2O3S2/c42-41(43,44)51(47,48)49-37-25-24-36(46(32-18-8-3-9-19-32)33-21-20-28-12-10-11-13-29(28)26-33)39-35-23-22-34(27-38(35)50-40(37)39)45(30-14-4-1-5-15-30)31-16-6-2-7-17-31/h1-27H. The molecule has 0 aliphatic carbocycles. The average Bonchev–Trinajstić information content (AvgIpc) is 3.53. The average molecular weight is 717 g/mol. The Balaban J connectivity index is 1.39. The van der Waals surface area contributed by atoms with Crippen molar-refractivity contribution < 1.29 is 25.8 Å². The van der Waals surface area contributed by atoms with E-state index < -0.39 is 21.4 Å². The van der Waals surface area contributed by atoms with Crippen LogP contribution in [0.5, 0.6) is 5.75 Å². The van der Waals surface area contributed by atoms with Crippen molar-refractivity contribution in [2.75, 3.05) is 9.80 Å². The molecular weight excluding hydrogens is 690 g/mol. The number of nitrogens with zero attached hydrogens (tertiary/aromatic N) is 2. The van der Waals surface area contributed by atoms with E-state index in [4.69, 9.17) is 4.18 Å². The van der Waals surface area contributed by atoms with E-state index in [0.717, 1.165) is 49.3 Å². The highest BCUT2D eigenvalue weighted by molar-refractivity contribution is 7.88. The van der Waals surface area contributed by atoms with Crippen LogP contribution in [0.2, 0.25) is 0 Å². The van der Waals surface area contributed by atoms with Gasteiger partial charge < -0.3 is 14.0 Å². The first-order chi connectivity index (χ1) is 24.7. The molecular formula is C41H27F3N2O3S2. The van der Waals surface area contributed by atoms with Crippen LogP contribution in [0.1, 0.15) is 0 Å². The van der Waals surface area contributed by atoms with E-state index in [0.29, 0.717) is 11.1 Å². The molecule has 0 atom stereocenters. The van der Waals surface area contributed by atoms with Gasteiger partial charge in [-0.05, 0) is 83.6 Å². The van der Waals surface area contributed by atoms with E-state index in [1.807, 2.05) is 150 Å². The van der Waals surface area contributed by atoms with Crippen LogP contribution in [0.3, 0.4) is 0 Å². The van der Waals surface area contributed by atoms with Crippen LogP contribution in [0, 0.1) is 0 Å². The Labute approximate surface area is 296 Å². The molecule has 0 saturated carbocycles. The van der Waals surface area contributed by atoms with Crippen molar-refractivity contribution in [3.05, 3.63) is 164 Å². The number of anilines is 6. The van der Waals surface area contributed by atoms with E-state index in [2.05, 4.69) is 11.0 Å². The van der Waals surface area contributed by atoms with Crippen LogP contribution in [-0.4, -0.2) is 13.9 Å². The smallest absolute Gasteiger partial charge is 0.374 e. The molecule has 0 spiro atoms. The van der Waals surface area contributed by atoms with Gasteiger partial charge in [0.2, 0.25) is 0 Å². The second-order valence-electron chi connectivity index (χ2n) is 11.8. The Morgan fingerprint density at radius 2 is 1.06 bits per heavy atom. The summed E-state index contributed by atoms with van der Waals surface area (Å²) in [6.07, 6.45) is 0. The van der Waals surface area contributed by atoms with Crippen LogP contribution >= 0.6 is 11.3 Å². The van der Waals surface area contributed by atoms with Crippen molar-refractivity contribution in [3.8, 4) is 5.75 Å². The molecule has 0 unspecified atom stereocenters. The second-order valence-corrected chi connectivity index (χ2v) is 14.4. The minimum atomic E-state index is -5.95. The number of hydrogen-bond donors (Lipinski definition) is 0. The molecule has 252 valence electrons. The van der Waals surface area contributed by atoms with Gasteiger partial charge in [0, 0.05) is 43.9 Å². The molecule has 0 amide bonds. The molecule has 1 heterocycles. The Morgan fingerprint density at radius 1 is 0.529 bits per heavy atom. The maximum absolute atomic E-state index is 13.6. The van der Waals surface area contributed by atoms with Gasteiger partial charge in [-0.2, -0.15) is 21.6 Å². The van der Waals surface area contributed by atoms with Gasteiger partial charge >= 0.3 is 15.6 Å². The summed E-state index contributed by atoms with van der Waals surface area (Å²) in [4.78, 5) is 4.11. The summed E-state index contributed by atoms with van der Waals surface area (Å²) in [5, 5.41) is 3.34. The third-order valence-electron chi connectivity index (χ3n) is 8.56. The van der Waals surface area contributed by atoms with Crippen molar-refractivity contribution in [2.24, 2.45) is 0 Å². The molecule has 0 bridgehead atoms. The summed E-state index contributed by atoms with van der Waals surface area (Å²) in [6, 6.07) is 52.1. The van der Waals surface area contributed by atoms with Gasteiger partial charge in [0.1, 0.15) is 0 Å². The van der Waals surface area contributed by atoms with Crippen molar-refractivity contribution in [1.29, 1.82) is 0 Å². The van der Waals surface area contributed by atoms with E-state index in [9.17, 15) is 21.6 Å². The van der Waals surface area contributed by atoms with Crippen molar-refractivity contribution in [2.45, 2.75) is 5.51 Å². The highest BCUT2D eigenvalue weighted by atomic mass is 32.2. The summed E-state index contributed by atoms with van der Waals surface area (Å²) >= 11 is 1.18. The molecule has 51 heavy (non-hydrogen) atoms. The molecule has 0 aliphatic heterocycles. The number of alkyl halides is 3. The van der Waals surface area contributed by atoms with Crippen LogP contribution in [0.15, 0.2) is 164 Å². The van der Waals surface area contributed by atoms with Crippen LogP contribution in [-0.2, 0) is 10.1 Å². The normalized spacial score (nSPS) is 12.0. The molecule has 0 aliphatic rings. The molecule has 7 aromatic carbocycles. The summed E-state index contributed by atoms with van der Waals surface area (Å²) in [5.41, 5.74) is -0.699. The molecule has 0 radical (unpaired) electrons. The SMILES string of the molecule is O=S(=O)(Oc1ccc(N(c2ccccc2)c2ccc3ccccc3c2)c2c1sc1cc(N(c3ccccc3)c3ccccc3)ccc12)C(F)(F)F. The summed E-state index contributed by atoms with van der Waals surface area (Å²) < 4.78 is 71.5. The lowest BCUT2D eigenvalue weighted by Crippen LogP contribution is -2.28. The number of hydrogen-bond acceptors (Lipinski definition) is 6. The zero-order valence-corrected chi connectivity index (χ0v) is 28.3. The molecule has 0 fully saturated rings. The Kier molecular flexibility index (Phi) is 8.13. The van der Waals surface area contributed by atoms with Gasteiger partial charge in [-0.15, -0.1) is 11.3 Å². The predicted molar refractivity (Wildman–Crippen MR) is 202 cm³/mol. The van der Waals surface area contributed by atoms with Crippen molar-refractivity contribution in [1.82, 2.24) is 0 Å². The maximum Gasteiger partial charge on any atom is 0.534 e. The van der Waals surface area contributed by atoms with Crippen LogP contribution in [0.4, 0.5) is 47.3 Å². The quantitative estimate of drug-likeness (QED) is 0.116. The fourth-order valence-corrected chi connectivity index (χ4v) is 8.03. The van der Waals surface area contributed by atoms with Crippen LogP contribution in [0.25, 0.3) is 30.9 Å².